The molecule has 0 unspecified atom stereocenters. The molecule has 0 atom stereocenters. The van der Waals surface area contributed by atoms with Gasteiger partial charge in [-0.25, -0.2) is 4.98 Å². The van der Waals surface area contributed by atoms with Crippen molar-refractivity contribution in [2.75, 3.05) is 62.3 Å². The smallest absolute Gasteiger partial charge is 0.227 e. The topological polar surface area (TPSA) is 61.8 Å². The Hall–Kier alpha value is -1.89. The fourth-order valence-electron chi connectivity index (χ4n) is 4.19. The van der Waals surface area contributed by atoms with Gasteiger partial charge in [0.05, 0.1) is 13.2 Å². The van der Waals surface area contributed by atoms with Crippen LogP contribution in [0.4, 0.5) is 11.8 Å². The van der Waals surface area contributed by atoms with Crippen molar-refractivity contribution in [1.82, 2.24) is 14.9 Å². The Labute approximate surface area is 155 Å². The number of carbonyl (C=O) groups excluding carboxylic acids is 1. The summed E-state index contributed by atoms with van der Waals surface area (Å²) in [5, 5.41) is 0. The van der Waals surface area contributed by atoms with E-state index in [2.05, 4.69) is 20.9 Å². The third kappa shape index (κ3) is 3.77. The highest BCUT2D eigenvalue weighted by molar-refractivity contribution is 5.79. The van der Waals surface area contributed by atoms with Crippen LogP contribution in [0.2, 0.25) is 0 Å². The molecule has 1 aromatic heterocycles. The molecule has 0 N–H and O–H groups in total. The second-order valence-electron chi connectivity index (χ2n) is 7.56. The van der Waals surface area contributed by atoms with Gasteiger partial charge in [0.1, 0.15) is 5.82 Å². The molecule has 0 bridgehead atoms. The second kappa shape index (κ2) is 7.78. The van der Waals surface area contributed by atoms with Crippen molar-refractivity contribution in [3.8, 4) is 0 Å². The van der Waals surface area contributed by atoms with Crippen LogP contribution in [0, 0.1) is 12.8 Å². The molecule has 0 aromatic carbocycles. The first-order valence-electron chi connectivity index (χ1n) is 9.93. The zero-order valence-electron chi connectivity index (χ0n) is 15.7. The summed E-state index contributed by atoms with van der Waals surface area (Å²) in [5.74, 6) is 2.41. The number of aryl methyl sites for hydroxylation is 1. The monoisotopic (exact) mass is 359 g/mol. The maximum Gasteiger partial charge on any atom is 0.227 e. The number of hydrogen-bond donors (Lipinski definition) is 0. The zero-order valence-corrected chi connectivity index (χ0v) is 15.7. The van der Waals surface area contributed by atoms with Gasteiger partial charge in [-0.15, -0.1) is 0 Å². The van der Waals surface area contributed by atoms with Gasteiger partial charge in [0, 0.05) is 56.9 Å². The highest BCUT2D eigenvalue weighted by Crippen LogP contribution is 2.27. The van der Waals surface area contributed by atoms with Gasteiger partial charge < -0.3 is 19.4 Å². The molecule has 3 heterocycles. The quantitative estimate of drug-likeness (QED) is 0.814. The number of piperazine rings is 1. The van der Waals surface area contributed by atoms with Gasteiger partial charge in [0.25, 0.3) is 0 Å². The third-order valence-electron chi connectivity index (χ3n) is 5.74. The predicted octanol–water partition coefficient (Wildman–Crippen LogP) is 1.46. The minimum atomic E-state index is 0.268. The number of ether oxygens (including phenoxy) is 1. The highest BCUT2D eigenvalue weighted by atomic mass is 16.5. The van der Waals surface area contributed by atoms with Crippen molar-refractivity contribution >= 4 is 17.7 Å². The molecule has 26 heavy (non-hydrogen) atoms. The van der Waals surface area contributed by atoms with E-state index in [4.69, 9.17) is 9.72 Å². The summed E-state index contributed by atoms with van der Waals surface area (Å²) in [6.45, 7) is 8.45. The van der Waals surface area contributed by atoms with E-state index in [1.165, 1.54) is 12.8 Å². The van der Waals surface area contributed by atoms with Crippen molar-refractivity contribution < 1.29 is 9.53 Å². The van der Waals surface area contributed by atoms with E-state index < -0.39 is 0 Å². The first-order chi connectivity index (χ1) is 12.7. The summed E-state index contributed by atoms with van der Waals surface area (Å²) >= 11 is 0. The molecule has 142 valence electrons. The van der Waals surface area contributed by atoms with E-state index in [1.54, 1.807) is 0 Å². The van der Waals surface area contributed by atoms with Crippen molar-refractivity contribution in [3.05, 3.63) is 11.8 Å². The van der Waals surface area contributed by atoms with Gasteiger partial charge in [0.15, 0.2) is 0 Å². The zero-order chi connectivity index (χ0) is 17.9. The summed E-state index contributed by atoms with van der Waals surface area (Å²) in [4.78, 5) is 28.6. The fraction of sp³-hybridized carbons (Fsp3) is 0.737. The molecule has 4 rings (SSSR count). The summed E-state index contributed by atoms with van der Waals surface area (Å²) in [6, 6.07) is 2.05. The van der Waals surface area contributed by atoms with Crippen LogP contribution < -0.4 is 9.80 Å². The molecule has 1 aromatic rings. The molecule has 3 aliphatic rings. The first kappa shape index (κ1) is 17.5. The van der Waals surface area contributed by atoms with E-state index >= 15 is 0 Å². The van der Waals surface area contributed by atoms with Crippen molar-refractivity contribution in [2.24, 2.45) is 5.92 Å². The molecular weight excluding hydrogens is 330 g/mol. The lowest BCUT2D eigenvalue weighted by Crippen LogP contribution is -2.50. The van der Waals surface area contributed by atoms with Gasteiger partial charge in [-0.2, -0.15) is 4.98 Å². The van der Waals surface area contributed by atoms with Crippen molar-refractivity contribution in [1.29, 1.82) is 0 Å². The lowest BCUT2D eigenvalue weighted by molar-refractivity contribution is -0.135. The van der Waals surface area contributed by atoms with Gasteiger partial charge in [-0.05, 0) is 19.8 Å². The summed E-state index contributed by atoms with van der Waals surface area (Å²) in [6.07, 6.45) is 4.56. The Morgan fingerprint density at radius 1 is 1.00 bits per heavy atom. The van der Waals surface area contributed by atoms with Crippen LogP contribution in [0.3, 0.4) is 0 Å². The van der Waals surface area contributed by atoms with Crippen LogP contribution in [0.5, 0.6) is 0 Å². The van der Waals surface area contributed by atoms with Gasteiger partial charge in [-0.1, -0.05) is 12.8 Å². The highest BCUT2D eigenvalue weighted by Gasteiger charge is 2.30. The normalized spacial score (nSPS) is 22.1. The standard InChI is InChI=1S/C19H29N5O2/c1-15-14-17(22-10-12-26-13-11-22)21-19(20-15)24-8-6-23(7-9-24)18(25)16-4-2-3-5-16/h14,16H,2-13H2,1H3. The molecule has 0 spiro atoms. The molecule has 7 heteroatoms. The molecular formula is C19H29N5O2. The Balaban J connectivity index is 1.40. The van der Waals surface area contributed by atoms with E-state index in [9.17, 15) is 4.79 Å². The Morgan fingerprint density at radius 2 is 1.69 bits per heavy atom. The average Bonchev–Trinajstić information content (AvgIpc) is 3.22. The number of nitrogens with zero attached hydrogens (tertiary/aromatic N) is 5. The summed E-state index contributed by atoms with van der Waals surface area (Å²) in [5.41, 5.74) is 0.987. The van der Waals surface area contributed by atoms with E-state index in [0.717, 1.165) is 82.8 Å². The first-order valence-corrected chi connectivity index (χ1v) is 9.93. The van der Waals surface area contributed by atoms with Crippen LogP contribution in [-0.4, -0.2) is 73.3 Å². The summed E-state index contributed by atoms with van der Waals surface area (Å²) in [7, 11) is 0. The van der Waals surface area contributed by atoms with Crippen molar-refractivity contribution in [2.45, 2.75) is 32.6 Å². The second-order valence-corrected chi connectivity index (χ2v) is 7.56. The van der Waals surface area contributed by atoms with Crippen LogP contribution in [-0.2, 0) is 9.53 Å². The lowest BCUT2D eigenvalue weighted by Gasteiger charge is -2.36. The summed E-state index contributed by atoms with van der Waals surface area (Å²) < 4.78 is 5.44. The largest absolute Gasteiger partial charge is 0.378 e. The van der Waals surface area contributed by atoms with Crippen LogP contribution in [0.25, 0.3) is 0 Å². The molecule has 1 amide bonds. The third-order valence-corrected chi connectivity index (χ3v) is 5.74. The van der Waals surface area contributed by atoms with E-state index in [0.29, 0.717) is 5.91 Å². The minimum Gasteiger partial charge on any atom is -0.378 e. The number of morpholine rings is 1. The average molecular weight is 359 g/mol. The molecule has 2 aliphatic heterocycles. The van der Waals surface area contributed by atoms with Gasteiger partial charge >= 0.3 is 0 Å². The van der Waals surface area contributed by atoms with Crippen molar-refractivity contribution in [3.63, 3.8) is 0 Å². The van der Waals surface area contributed by atoms with E-state index in [1.807, 2.05) is 11.8 Å². The number of amides is 1. The van der Waals surface area contributed by atoms with E-state index in [-0.39, 0.29) is 5.92 Å². The van der Waals surface area contributed by atoms with Crippen LogP contribution >= 0.6 is 0 Å². The van der Waals surface area contributed by atoms with Crippen LogP contribution in [0.1, 0.15) is 31.4 Å². The van der Waals surface area contributed by atoms with Gasteiger partial charge in [0.2, 0.25) is 11.9 Å². The lowest BCUT2D eigenvalue weighted by atomic mass is 10.1. The Morgan fingerprint density at radius 3 is 2.38 bits per heavy atom. The molecule has 7 nitrogen and oxygen atoms in total. The van der Waals surface area contributed by atoms with Gasteiger partial charge in [-0.3, -0.25) is 4.79 Å². The number of anilines is 2. The SMILES string of the molecule is Cc1cc(N2CCOCC2)nc(N2CCN(C(=O)C3CCCC3)CC2)n1. The number of aromatic nitrogens is 2. The number of rotatable bonds is 3. The number of hydrogen-bond acceptors (Lipinski definition) is 6. The molecule has 3 fully saturated rings. The maximum absolute atomic E-state index is 12.6. The maximum atomic E-state index is 12.6. The molecule has 1 saturated carbocycles. The molecule has 1 aliphatic carbocycles. The molecule has 0 radical (unpaired) electrons. The minimum absolute atomic E-state index is 0.268. The Kier molecular flexibility index (Phi) is 5.24. The van der Waals surface area contributed by atoms with Crippen LogP contribution in [0.15, 0.2) is 6.07 Å². The Bertz CT molecular complexity index is 633. The predicted molar refractivity (Wildman–Crippen MR) is 101 cm³/mol. The number of carbonyl (C=O) groups is 1. The fourth-order valence-corrected chi connectivity index (χ4v) is 4.19. The molecule has 2 saturated heterocycles.